The highest BCUT2D eigenvalue weighted by Crippen LogP contribution is 2.25. The van der Waals surface area contributed by atoms with Crippen molar-refractivity contribution in [3.8, 4) is 6.07 Å². The number of nitriles is 1. The van der Waals surface area contributed by atoms with E-state index in [1.165, 1.54) is 12.1 Å². The Hall–Kier alpha value is -3.11. The first-order valence-electron chi connectivity index (χ1n) is 7.46. The molecule has 3 rings (SSSR count). The molecule has 1 saturated heterocycles. The third-order valence-corrected chi connectivity index (χ3v) is 3.73. The number of furan rings is 1. The molecule has 24 heavy (non-hydrogen) atoms. The van der Waals surface area contributed by atoms with E-state index in [0.717, 1.165) is 19.0 Å². The van der Waals surface area contributed by atoms with Crippen molar-refractivity contribution in [2.75, 3.05) is 31.2 Å². The smallest absolute Gasteiger partial charge is 0.269 e. The molecule has 7 nitrogen and oxygen atoms in total. The summed E-state index contributed by atoms with van der Waals surface area (Å²) in [5.74, 6) is 1.30. The highest BCUT2D eigenvalue weighted by molar-refractivity contribution is 5.89. The van der Waals surface area contributed by atoms with Crippen molar-refractivity contribution in [3.63, 3.8) is 0 Å². The maximum Gasteiger partial charge on any atom is 0.269 e. The van der Waals surface area contributed by atoms with E-state index in [4.69, 9.17) is 9.15 Å². The topological polar surface area (TPSA) is 92.5 Å². The van der Waals surface area contributed by atoms with Gasteiger partial charge in [-0.15, -0.1) is 0 Å². The van der Waals surface area contributed by atoms with Gasteiger partial charge in [0.1, 0.15) is 5.76 Å². The second-order valence-corrected chi connectivity index (χ2v) is 5.25. The number of ether oxygens (including phenoxy) is 1. The summed E-state index contributed by atoms with van der Waals surface area (Å²) in [4.78, 5) is 12.3. The van der Waals surface area contributed by atoms with E-state index in [0.29, 0.717) is 30.1 Å². The van der Waals surface area contributed by atoms with E-state index in [1.807, 2.05) is 6.07 Å². The Morgan fingerprint density at radius 3 is 2.54 bits per heavy atom. The van der Waals surface area contributed by atoms with Gasteiger partial charge in [0.2, 0.25) is 0 Å². The van der Waals surface area contributed by atoms with Crippen LogP contribution in [0.1, 0.15) is 11.3 Å². The van der Waals surface area contributed by atoms with Crippen LogP contribution in [0.4, 0.5) is 11.6 Å². The van der Waals surface area contributed by atoms with Gasteiger partial charge in [-0.1, -0.05) is 0 Å². The van der Waals surface area contributed by atoms with Crippen molar-refractivity contribution in [1.29, 1.82) is 5.26 Å². The Labute approximate surface area is 138 Å². The molecule has 122 valence electrons. The first kappa shape index (κ1) is 15.8. The predicted octanol–water partition coefficient (Wildman–Crippen LogP) is 3.09. The minimum Gasteiger partial charge on any atom is -0.441 e. The first-order valence-corrected chi connectivity index (χ1v) is 7.46. The zero-order chi connectivity index (χ0) is 16.9. The number of allylic oxidation sites excluding steroid dienone is 1. The first-order chi connectivity index (χ1) is 11.7. The van der Waals surface area contributed by atoms with Crippen molar-refractivity contribution in [3.05, 3.63) is 57.8 Å². The number of hydrogen-bond donors (Lipinski definition) is 0. The summed E-state index contributed by atoms with van der Waals surface area (Å²) in [6.45, 7) is 2.87. The maximum absolute atomic E-state index is 10.7. The Morgan fingerprint density at radius 2 is 1.92 bits per heavy atom. The number of nitrogens with zero attached hydrogens (tertiary/aromatic N) is 3. The summed E-state index contributed by atoms with van der Waals surface area (Å²) in [7, 11) is 0. The zero-order valence-corrected chi connectivity index (χ0v) is 12.8. The van der Waals surface area contributed by atoms with Crippen molar-refractivity contribution in [2.45, 2.75) is 0 Å². The van der Waals surface area contributed by atoms with Crippen molar-refractivity contribution < 1.29 is 14.1 Å². The van der Waals surface area contributed by atoms with Gasteiger partial charge in [0.25, 0.3) is 5.69 Å². The van der Waals surface area contributed by atoms with Crippen LogP contribution in [0.2, 0.25) is 0 Å². The summed E-state index contributed by atoms with van der Waals surface area (Å²) in [6, 6.07) is 11.6. The summed E-state index contributed by atoms with van der Waals surface area (Å²) in [5.41, 5.74) is 0.976. The minimum absolute atomic E-state index is 0.0105. The van der Waals surface area contributed by atoms with E-state index >= 15 is 0 Å². The van der Waals surface area contributed by atoms with Crippen molar-refractivity contribution in [1.82, 2.24) is 0 Å². The SMILES string of the molecule is N#C/C(=C\c1ccc(N2CCOCC2)o1)c1ccc([N+](=O)[O-])cc1. The lowest BCUT2D eigenvalue weighted by molar-refractivity contribution is -0.384. The van der Waals surface area contributed by atoms with Gasteiger partial charge in [-0.3, -0.25) is 10.1 Å². The van der Waals surface area contributed by atoms with Gasteiger partial charge < -0.3 is 14.1 Å². The Balaban J connectivity index is 1.81. The molecule has 0 radical (unpaired) electrons. The molecule has 0 aliphatic carbocycles. The quantitative estimate of drug-likeness (QED) is 0.487. The van der Waals surface area contributed by atoms with Crippen LogP contribution in [-0.4, -0.2) is 31.2 Å². The van der Waals surface area contributed by atoms with Gasteiger partial charge in [0, 0.05) is 31.3 Å². The van der Waals surface area contributed by atoms with Crippen LogP contribution in [0.25, 0.3) is 11.6 Å². The molecule has 1 aliphatic rings. The number of non-ortho nitro benzene ring substituents is 1. The highest BCUT2D eigenvalue weighted by Gasteiger charge is 2.14. The molecule has 0 atom stereocenters. The summed E-state index contributed by atoms with van der Waals surface area (Å²) < 4.78 is 11.1. The molecule has 0 spiro atoms. The number of anilines is 1. The molecule has 2 heterocycles. The second kappa shape index (κ2) is 6.98. The number of benzene rings is 1. The molecule has 0 amide bonds. The molecule has 0 saturated carbocycles. The molecule has 1 aromatic heterocycles. The van der Waals surface area contributed by atoms with Crippen LogP contribution in [0.5, 0.6) is 0 Å². The fourth-order valence-corrected chi connectivity index (χ4v) is 2.46. The van der Waals surface area contributed by atoms with E-state index in [2.05, 4.69) is 11.0 Å². The Kier molecular flexibility index (Phi) is 4.59. The molecule has 1 fully saturated rings. The van der Waals surface area contributed by atoms with Crippen molar-refractivity contribution in [2.24, 2.45) is 0 Å². The lowest BCUT2D eigenvalue weighted by Crippen LogP contribution is -2.35. The standard InChI is InChI=1S/C17H15N3O4/c18-12-14(13-1-3-15(4-2-13)20(21)22)11-16-5-6-17(24-16)19-7-9-23-10-8-19/h1-6,11H,7-10H2/b14-11+. The van der Waals surface area contributed by atoms with E-state index < -0.39 is 4.92 Å². The summed E-state index contributed by atoms with van der Waals surface area (Å²) in [6.07, 6.45) is 1.63. The summed E-state index contributed by atoms with van der Waals surface area (Å²) >= 11 is 0. The monoisotopic (exact) mass is 325 g/mol. The zero-order valence-electron chi connectivity index (χ0n) is 12.8. The van der Waals surface area contributed by atoms with Crippen molar-refractivity contribution >= 4 is 23.2 Å². The van der Waals surface area contributed by atoms with Gasteiger partial charge in [-0.25, -0.2) is 0 Å². The second-order valence-electron chi connectivity index (χ2n) is 5.25. The fraction of sp³-hybridized carbons (Fsp3) is 0.235. The third kappa shape index (κ3) is 3.45. The van der Waals surface area contributed by atoms with Gasteiger partial charge in [0.15, 0.2) is 5.88 Å². The maximum atomic E-state index is 10.7. The van der Waals surface area contributed by atoms with E-state index in [-0.39, 0.29) is 5.69 Å². The largest absolute Gasteiger partial charge is 0.441 e. The molecule has 0 N–H and O–H groups in total. The van der Waals surface area contributed by atoms with Crippen LogP contribution >= 0.6 is 0 Å². The lowest BCUT2D eigenvalue weighted by Gasteiger charge is -2.26. The van der Waals surface area contributed by atoms with Gasteiger partial charge >= 0.3 is 0 Å². The van der Waals surface area contributed by atoms with Crippen LogP contribution < -0.4 is 4.90 Å². The fourth-order valence-electron chi connectivity index (χ4n) is 2.46. The normalized spacial score (nSPS) is 15.1. The number of rotatable bonds is 4. The van der Waals surface area contributed by atoms with Crippen LogP contribution in [0, 0.1) is 21.4 Å². The number of nitro benzene ring substituents is 1. The average Bonchev–Trinajstić information content (AvgIpc) is 3.09. The third-order valence-electron chi connectivity index (χ3n) is 3.73. The Morgan fingerprint density at radius 1 is 1.21 bits per heavy atom. The van der Waals surface area contributed by atoms with E-state index in [9.17, 15) is 15.4 Å². The van der Waals surface area contributed by atoms with Crippen LogP contribution in [0.3, 0.4) is 0 Å². The molecule has 1 aliphatic heterocycles. The average molecular weight is 325 g/mol. The van der Waals surface area contributed by atoms with E-state index in [1.54, 1.807) is 24.3 Å². The van der Waals surface area contributed by atoms with Gasteiger partial charge in [-0.2, -0.15) is 5.26 Å². The molecule has 2 aromatic rings. The van der Waals surface area contributed by atoms with Gasteiger partial charge in [0.05, 0.1) is 29.8 Å². The molecule has 0 bridgehead atoms. The van der Waals surface area contributed by atoms with Gasteiger partial charge in [-0.05, 0) is 29.8 Å². The lowest BCUT2D eigenvalue weighted by atomic mass is 10.1. The molecular formula is C17H15N3O4. The molecule has 0 unspecified atom stereocenters. The Bertz CT molecular complexity index is 796. The highest BCUT2D eigenvalue weighted by atomic mass is 16.6. The molecule has 1 aromatic carbocycles. The number of hydrogen-bond acceptors (Lipinski definition) is 6. The predicted molar refractivity (Wildman–Crippen MR) is 88.3 cm³/mol. The summed E-state index contributed by atoms with van der Waals surface area (Å²) in [5, 5.41) is 20.0. The molecule has 7 heteroatoms. The molecular weight excluding hydrogens is 310 g/mol. The number of morpholine rings is 1. The van der Waals surface area contributed by atoms with Crippen LogP contribution in [0.15, 0.2) is 40.8 Å². The van der Waals surface area contributed by atoms with Crippen LogP contribution in [-0.2, 0) is 4.74 Å². The number of nitro groups is 1. The minimum atomic E-state index is -0.472.